The van der Waals surface area contributed by atoms with E-state index in [1.165, 1.54) is 83.1 Å². The van der Waals surface area contributed by atoms with E-state index in [2.05, 4.69) is 276 Å². The number of hydrogen-bond acceptors (Lipinski definition) is 1. The average Bonchev–Trinajstić information content (AvgIpc) is 4.04. The van der Waals surface area contributed by atoms with Gasteiger partial charge in [-0.2, -0.15) is 0 Å². The van der Waals surface area contributed by atoms with Crippen molar-refractivity contribution in [2.24, 2.45) is 0 Å². The van der Waals surface area contributed by atoms with Crippen molar-refractivity contribution in [2.75, 3.05) is 4.90 Å². The molecule has 0 atom stereocenters. The molecule has 2 aliphatic carbocycles. The molecule has 1 aromatic heterocycles. The molecule has 69 heavy (non-hydrogen) atoms. The summed E-state index contributed by atoms with van der Waals surface area (Å²) in [4.78, 5) is 2.54. The van der Waals surface area contributed by atoms with E-state index >= 15 is 0 Å². The highest BCUT2D eigenvalue weighted by molar-refractivity contribution is 6.15. The van der Waals surface area contributed by atoms with Crippen molar-refractivity contribution in [3.8, 4) is 61.3 Å². The first-order valence-corrected chi connectivity index (χ1v) is 23.9. The lowest BCUT2D eigenvalue weighted by atomic mass is 9.70. The van der Waals surface area contributed by atoms with Crippen LogP contribution in [0.2, 0.25) is 0 Å². The molecule has 2 nitrogen and oxygen atoms in total. The molecule has 0 radical (unpaired) electrons. The summed E-state index contributed by atoms with van der Waals surface area (Å²) < 4.78 is 2.50. The molecule has 1 heterocycles. The Labute approximate surface area is 402 Å². The van der Waals surface area contributed by atoms with Gasteiger partial charge in [-0.05, 0) is 121 Å². The van der Waals surface area contributed by atoms with Crippen LogP contribution in [0.25, 0.3) is 83.1 Å². The highest BCUT2D eigenvalue weighted by Crippen LogP contribution is 2.63. The molecule has 0 fully saturated rings. The molecule has 14 rings (SSSR count). The lowest BCUT2D eigenvalue weighted by Gasteiger charge is -2.33. The molecular weight excluding hydrogens is 833 g/mol. The minimum atomic E-state index is -0.487. The SMILES string of the molecule is c1ccc(-c2cccc(-c3cccc(-n4c5ccccc5c5cccc(N(c6ccc7c(c6)C6(c8ccccc8-c8ccccc86)c6ccccc6-7)c6ccccc6-c6ccccc6)c54)c3)c2)cc1. The molecule has 11 aromatic carbocycles. The second kappa shape index (κ2) is 15.6. The molecular formula is C67H44N2. The number of anilines is 3. The van der Waals surface area contributed by atoms with E-state index < -0.39 is 5.41 Å². The van der Waals surface area contributed by atoms with Crippen LogP contribution in [0.15, 0.2) is 267 Å². The summed E-state index contributed by atoms with van der Waals surface area (Å²) in [7, 11) is 0. The van der Waals surface area contributed by atoms with E-state index in [0.717, 1.165) is 39.3 Å². The molecule has 0 bridgehead atoms. The Morgan fingerprint density at radius 3 is 1.46 bits per heavy atom. The van der Waals surface area contributed by atoms with Gasteiger partial charge in [-0.15, -0.1) is 0 Å². The second-order valence-electron chi connectivity index (χ2n) is 18.4. The zero-order chi connectivity index (χ0) is 45.5. The highest BCUT2D eigenvalue weighted by atomic mass is 15.2. The van der Waals surface area contributed by atoms with Gasteiger partial charge in [-0.25, -0.2) is 0 Å². The van der Waals surface area contributed by atoms with Crippen LogP contribution in [0.3, 0.4) is 0 Å². The van der Waals surface area contributed by atoms with Gasteiger partial charge in [0, 0.05) is 27.7 Å². The van der Waals surface area contributed by atoms with Crippen LogP contribution in [-0.4, -0.2) is 4.57 Å². The maximum absolute atomic E-state index is 2.54. The highest BCUT2D eigenvalue weighted by Gasteiger charge is 2.51. The third-order valence-electron chi connectivity index (χ3n) is 14.8. The van der Waals surface area contributed by atoms with Gasteiger partial charge in [0.05, 0.1) is 27.8 Å². The van der Waals surface area contributed by atoms with Crippen LogP contribution >= 0.6 is 0 Å². The first kappa shape index (κ1) is 39.2. The average molecular weight is 877 g/mol. The van der Waals surface area contributed by atoms with Crippen LogP contribution in [-0.2, 0) is 5.41 Å². The number of nitrogens with zero attached hydrogens (tertiary/aromatic N) is 2. The molecule has 12 aromatic rings. The zero-order valence-corrected chi connectivity index (χ0v) is 37.8. The number of para-hydroxylation sites is 3. The predicted octanol–water partition coefficient (Wildman–Crippen LogP) is 17.6. The number of fused-ring (bicyclic) bond motifs is 13. The van der Waals surface area contributed by atoms with E-state index in [1.54, 1.807) is 0 Å². The molecule has 0 aliphatic heterocycles. The van der Waals surface area contributed by atoms with Gasteiger partial charge in [0.2, 0.25) is 0 Å². The fourth-order valence-electron chi connectivity index (χ4n) is 11.9. The third-order valence-corrected chi connectivity index (χ3v) is 14.8. The molecule has 0 unspecified atom stereocenters. The minimum Gasteiger partial charge on any atom is -0.308 e. The van der Waals surface area contributed by atoms with Crippen molar-refractivity contribution in [1.29, 1.82) is 0 Å². The van der Waals surface area contributed by atoms with Gasteiger partial charge in [0.15, 0.2) is 0 Å². The third kappa shape index (κ3) is 5.86. The topological polar surface area (TPSA) is 8.17 Å². The summed E-state index contributed by atoms with van der Waals surface area (Å²) in [5, 5.41) is 2.41. The molecule has 0 N–H and O–H groups in total. The number of rotatable bonds is 7. The van der Waals surface area contributed by atoms with E-state index in [-0.39, 0.29) is 0 Å². The van der Waals surface area contributed by atoms with Gasteiger partial charge in [-0.3, -0.25) is 0 Å². The second-order valence-corrected chi connectivity index (χ2v) is 18.4. The minimum absolute atomic E-state index is 0.487. The lowest BCUT2D eigenvalue weighted by molar-refractivity contribution is 0.793. The van der Waals surface area contributed by atoms with Crippen molar-refractivity contribution < 1.29 is 0 Å². The van der Waals surface area contributed by atoms with Gasteiger partial charge < -0.3 is 9.47 Å². The smallest absolute Gasteiger partial charge is 0.0782 e. The van der Waals surface area contributed by atoms with Crippen LogP contribution in [0.1, 0.15) is 22.3 Å². The quantitative estimate of drug-likeness (QED) is 0.155. The van der Waals surface area contributed by atoms with Crippen molar-refractivity contribution in [3.05, 3.63) is 289 Å². The summed E-state index contributed by atoms with van der Waals surface area (Å²) in [5.41, 5.74) is 23.8. The van der Waals surface area contributed by atoms with Gasteiger partial charge >= 0.3 is 0 Å². The van der Waals surface area contributed by atoms with Crippen molar-refractivity contribution in [1.82, 2.24) is 4.57 Å². The van der Waals surface area contributed by atoms with E-state index in [4.69, 9.17) is 0 Å². The zero-order valence-electron chi connectivity index (χ0n) is 37.8. The summed E-state index contributed by atoms with van der Waals surface area (Å²) in [6.45, 7) is 0. The maximum Gasteiger partial charge on any atom is 0.0782 e. The molecule has 0 amide bonds. The number of benzene rings is 11. The fraction of sp³-hybridized carbons (Fsp3) is 0.0149. The van der Waals surface area contributed by atoms with E-state index in [9.17, 15) is 0 Å². The van der Waals surface area contributed by atoms with Gasteiger partial charge in [-0.1, -0.05) is 218 Å². The normalized spacial score (nSPS) is 12.8. The van der Waals surface area contributed by atoms with Crippen LogP contribution in [0.5, 0.6) is 0 Å². The van der Waals surface area contributed by atoms with E-state index in [0.29, 0.717) is 0 Å². The number of hydrogen-bond donors (Lipinski definition) is 0. The molecule has 2 heteroatoms. The first-order valence-electron chi connectivity index (χ1n) is 23.9. The van der Waals surface area contributed by atoms with Crippen LogP contribution < -0.4 is 4.90 Å². The molecule has 2 aliphatic rings. The summed E-state index contributed by atoms with van der Waals surface area (Å²) in [5.74, 6) is 0. The van der Waals surface area contributed by atoms with Crippen molar-refractivity contribution in [3.63, 3.8) is 0 Å². The number of aromatic nitrogens is 1. The largest absolute Gasteiger partial charge is 0.308 e. The molecule has 0 saturated carbocycles. The Kier molecular flexibility index (Phi) is 8.84. The van der Waals surface area contributed by atoms with Gasteiger partial charge in [0.1, 0.15) is 0 Å². The molecule has 1 spiro atoms. The summed E-state index contributed by atoms with van der Waals surface area (Å²) >= 11 is 0. The Morgan fingerprint density at radius 1 is 0.290 bits per heavy atom. The monoisotopic (exact) mass is 876 g/mol. The Bertz CT molecular complexity index is 3910. The Balaban J connectivity index is 1.05. The van der Waals surface area contributed by atoms with Gasteiger partial charge in [0.25, 0.3) is 0 Å². The maximum atomic E-state index is 2.54. The summed E-state index contributed by atoms with van der Waals surface area (Å²) in [6, 6.07) is 98.7. The predicted molar refractivity (Wildman–Crippen MR) is 288 cm³/mol. The summed E-state index contributed by atoms with van der Waals surface area (Å²) in [6.07, 6.45) is 0. The molecule has 0 saturated heterocycles. The first-order chi connectivity index (χ1) is 34.3. The Morgan fingerprint density at radius 2 is 0.768 bits per heavy atom. The van der Waals surface area contributed by atoms with E-state index in [1.807, 2.05) is 0 Å². The van der Waals surface area contributed by atoms with Crippen LogP contribution in [0.4, 0.5) is 17.1 Å². The van der Waals surface area contributed by atoms with Crippen molar-refractivity contribution >= 4 is 38.9 Å². The fourth-order valence-corrected chi connectivity index (χ4v) is 11.9. The van der Waals surface area contributed by atoms with Crippen LogP contribution in [0, 0.1) is 0 Å². The molecule has 322 valence electrons. The Hall–Kier alpha value is -8.98. The van der Waals surface area contributed by atoms with Crippen molar-refractivity contribution in [2.45, 2.75) is 5.41 Å². The lowest BCUT2D eigenvalue weighted by Crippen LogP contribution is -2.26. The standard InChI is InChI=1S/C67H44N2/c1-3-20-45(21-4-1)47-24-17-25-48(42-47)49-26-18-27-50(43-49)69-64-38-16-11-32-57(64)58-33-19-39-65(66(58)69)68(63-37-15-10-28-52(63)46-22-5-2-6-23-46)51-40-41-56-55-31-9-14-36-61(55)67(62(56)44-51)59-34-12-7-29-53(59)54-30-8-13-35-60(54)67/h1-44H.